The molecule has 0 saturated carbocycles. The monoisotopic (exact) mass is 2070 g/mol. The average Bonchev–Trinajstić information content (AvgIpc) is 1.63. The van der Waals surface area contributed by atoms with Gasteiger partial charge in [-0.1, -0.05) is 170 Å². The Morgan fingerprint density at radius 3 is 1.20 bits per heavy atom. The number of nitrogens with zero attached hydrogens (tertiary/aromatic N) is 8. The number of nitrogens with two attached hydrogens (primary N) is 7. The number of aliphatic hydroxyl groups excluding tert-OH is 1. The minimum absolute atomic E-state index is 0.00606. The van der Waals surface area contributed by atoms with Gasteiger partial charge in [-0.2, -0.15) is 0 Å². The largest absolute Gasteiger partial charge is 0.513 e. The number of morpholine rings is 8. The molecule has 11 rings (SSSR count). The van der Waals surface area contributed by atoms with E-state index in [2.05, 4.69) is 88.9 Å². The fourth-order valence-electron chi connectivity index (χ4n) is 18.2. The predicted molar refractivity (Wildman–Crippen MR) is 583 cm³/mol. The molecule has 9 aliphatic rings. The Balaban J connectivity index is 0.000000350. The lowest BCUT2D eigenvalue weighted by Crippen LogP contribution is -2.45. The van der Waals surface area contributed by atoms with Crippen LogP contribution in [-0.4, -0.2) is 395 Å². The number of ether oxygens (including phenoxy) is 8. The first-order chi connectivity index (χ1) is 70.5. The van der Waals surface area contributed by atoms with Gasteiger partial charge < -0.3 is 103 Å². The lowest BCUT2D eigenvalue weighted by molar-refractivity contribution is -0.141. The summed E-state index contributed by atoms with van der Waals surface area (Å²) in [6.07, 6.45) is 15.3. The van der Waals surface area contributed by atoms with E-state index in [1.807, 2.05) is 90.1 Å². The van der Waals surface area contributed by atoms with Gasteiger partial charge in [0.2, 0.25) is 11.8 Å². The highest BCUT2D eigenvalue weighted by atomic mass is 16.5. The van der Waals surface area contributed by atoms with E-state index < -0.39 is 18.1 Å². The molecule has 16 N–H and O–H groups in total. The molecule has 9 saturated heterocycles. The van der Waals surface area contributed by atoms with Gasteiger partial charge in [0.25, 0.3) is 0 Å². The number of Topliss-reactive ketones (excluding diaryl/α,β-unsaturated/α-hetero) is 8. The van der Waals surface area contributed by atoms with Crippen LogP contribution < -0.4 is 50.4 Å². The molecule has 0 radical (unpaired) electrons. The fraction of sp³-hybridized carbons (Fsp3) is 0.786. The normalized spacial score (nSPS) is 20.7. The SMILES string of the molecule is C=C(O)CC(N)C(=O)CCCN1CCOCC1.CCC(C)C(N)C(=O)CC(C)C(=O)N1CCOCC1.CCC(C)C(N)C(=O)CC(C)CN1CCOCC1.CCC(C)C(N)C(=O)CCC(=O)N1CCOCC1.CCC(C)C(N)C(=O)CCC(C)N1CCOCC1.CCC(C)C(N)C(=O)Cc1ccccc1N1CCOCC1.NC(Cc1ccccc1)C(=O)CCCN1CCOCC1.O=C(CCCN1CCOCC1)[C@@H]1CCCN1. The van der Waals surface area contributed by atoms with Crippen LogP contribution in [0.5, 0.6) is 0 Å². The Hall–Kier alpha value is -6.76. The molecule has 2 aromatic carbocycles. The van der Waals surface area contributed by atoms with Crippen molar-refractivity contribution < 1.29 is 90.9 Å². The Kier molecular flexibility index (Phi) is 70.7. The molecule has 0 aliphatic carbocycles. The van der Waals surface area contributed by atoms with Gasteiger partial charge in [-0.3, -0.25) is 72.4 Å². The first-order valence-corrected chi connectivity index (χ1v) is 55.8. The lowest BCUT2D eigenvalue weighted by Gasteiger charge is -2.32. The van der Waals surface area contributed by atoms with Crippen molar-refractivity contribution in [2.24, 2.45) is 81.6 Å². The molecular weight excluding hydrogens is 1870 g/mol. The first-order valence-electron chi connectivity index (χ1n) is 55.8. The third kappa shape index (κ3) is 55.6. The molecule has 16 atom stereocenters. The number of carbonyl (C=O) groups excluding carboxylic acids is 10. The zero-order chi connectivity index (χ0) is 108. The molecule has 9 heterocycles. The number of carbonyl (C=O) groups is 10. The molecule has 0 aromatic heterocycles. The van der Waals surface area contributed by atoms with Gasteiger partial charge in [-0.05, 0) is 131 Å². The Labute approximate surface area is 883 Å². The van der Waals surface area contributed by atoms with Gasteiger partial charge in [0, 0.05) is 193 Å². The first kappa shape index (κ1) is 133. The average molecular weight is 2070 g/mol. The van der Waals surface area contributed by atoms with Crippen LogP contribution >= 0.6 is 0 Å². The lowest BCUT2D eigenvalue weighted by atomic mass is 9.91. The van der Waals surface area contributed by atoms with Crippen molar-refractivity contribution in [3.05, 3.63) is 78.1 Å². The van der Waals surface area contributed by atoms with Crippen molar-refractivity contribution >= 4 is 63.8 Å². The molecule has 9 fully saturated rings. The van der Waals surface area contributed by atoms with E-state index in [4.69, 9.17) is 83.1 Å². The number of anilines is 1. The highest BCUT2D eigenvalue weighted by molar-refractivity contribution is 5.91. The van der Waals surface area contributed by atoms with Crippen LogP contribution in [0.4, 0.5) is 5.69 Å². The second-order valence-corrected chi connectivity index (χ2v) is 41.5. The van der Waals surface area contributed by atoms with Crippen molar-refractivity contribution in [2.45, 2.75) is 286 Å². The van der Waals surface area contributed by atoms with Crippen LogP contribution in [-0.2, 0) is 98.7 Å². The van der Waals surface area contributed by atoms with Gasteiger partial charge in [-0.25, -0.2) is 0 Å². The zero-order valence-electron chi connectivity index (χ0n) is 92.8. The quantitative estimate of drug-likeness (QED) is 0.0281. The molecule has 0 bridgehead atoms. The third-order valence-corrected chi connectivity index (χ3v) is 29.8. The fourth-order valence-corrected chi connectivity index (χ4v) is 18.2. The van der Waals surface area contributed by atoms with Gasteiger partial charge in [0.1, 0.15) is 34.7 Å². The van der Waals surface area contributed by atoms with E-state index in [1.54, 1.807) is 16.7 Å². The summed E-state index contributed by atoms with van der Waals surface area (Å²) in [4.78, 5) is 137. The van der Waals surface area contributed by atoms with E-state index in [1.165, 1.54) is 0 Å². The van der Waals surface area contributed by atoms with Crippen LogP contribution in [0.3, 0.4) is 0 Å². The summed E-state index contributed by atoms with van der Waals surface area (Å²) in [6.45, 7) is 60.7. The molecule has 2 amide bonds. The van der Waals surface area contributed by atoms with E-state index in [0.717, 1.165) is 284 Å². The summed E-state index contributed by atoms with van der Waals surface area (Å²) >= 11 is 0. The predicted octanol–water partition coefficient (Wildman–Crippen LogP) is 8.22. The number of hydrogen-bond donors (Lipinski definition) is 9. The maximum atomic E-state index is 12.4. The van der Waals surface area contributed by atoms with Gasteiger partial charge >= 0.3 is 0 Å². The second kappa shape index (κ2) is 78.4. The summed E-state index contributed by atoms with van der Waals surface area (Å²) in [5.41, 5.74) is 44.7. The van der Waals surface area contributed by atoms with Crippen molar-refractivity contribution in [1.82, 2.24) is 39.6 Å². The molecule has 0 spiro atoms. The summed E-state index contributed by atoms with van der Waals surface area (Å²) in [5, 5.41) is 12.2. The van der Waals surface area contributed by atoms with E-state index in [9.17, 15) is 47.9 Å². The van der Waals surface area contributed by atoms with Crippen molar-refractivity contribution in [3.63, 3.8) is 0 Å². The van der Waals surface area contributed by atoms with Crippen LogP contribution in [0.15, 0.2) is 66.9 Å². The van der Waals surface area contributed by atoms with Crippen molar-refractivity contribution in [3.8, 4) is 0 Å². The second-order valence-electron chi connectivity index (χ2n) is 41.5. The Bertz CT molecular complexity index is 3910. The number of hydrogen-bond acceptors (Lipinski definition) is 33. The number of rotatable bonds is 51. The summed E-state index contributed by atoms with van der Waals surface area (Å²) in [7, 11) is 0. The molecule has 2 aromatic rings. The van der Waals surface area contributed by atoms with E-state index in [0.29, 0.717) is 109 Å². The van der Waals surface area contributed by atoms with Gasteiger partial charge in [0.15, 0.2) is 11.6 Å². The van der Waals surface area contributed by atoms with Crippen LogP contribution in [0, 0.1) is 41.4 Å². The molecule has 147 heavy (non-hydrogen) atoms. The highest BCUT2D eigenvalue weighted by Crippen LogP contribution is 2.26. The minimum atomic E-state index is -0.614. The molecule has 35 heteroatoms. The number of nitrogens with one attached hydrogen (secondary N) is 1. The van der Waals surface area contributed by atoms with Crippen LogP contribution in [0.2, 0.25) is 0 Å². The smallest absolute Gasteiger partial charge is 0.226 e. The van der Waals surface area contributed by atoms with Crippen LogP contribution in [0.1, 0.15) is 230 Å². The topological polar surface area (TPSA) is 485 Å². The molecular formula is C112H200N16O19. The van der Waals surface area contributed by atoms with Crippen LogP contribution in [0.25, 0.3) is 0 Å². The number of para-hydroxylation sites is 1. The van der Waals surface area contributed by atoms with Crippen molar-refractivity contribution in [1.29, 1.82) is 0 Å². The van der Waals surface area contributed by atoms with E-state index in [-0.39, 0.29) is 149 Å². The third-order valence-electron chi connectivity index (χ3n) is 29.8. The standard InChI is InChI=1S/C17H26N2O2.C16H24N2O2.C14H26N2O3.2C14H28N2O2.C13H24N2O3.C12H22N2O3.C12H22N2O2/c1-3-13(2)17(18)16(20)12-14-6-4-5-7-15(14)19-8-10-21-11-9-19;17-15(13-14-5-2-1-3-6-14)16(19)7-4-8-18-9-11-20-12-10-18;1-4-10(2)13(15)12(17)9-11(3)14(18)16-5-7-19-8-6-16;1-4-12(3)14(15)13(17)9-11(2)10-16-5-7-18-8-6-16;1-4-11(2)14(15)13(17)6-5-12(3)16-7-9-18-10-8-16;1-3-10(2)13(14)11(16)4-5-12(17)15-6-8-18-9-7-15;1-10(15)9-11(13)12(16)3-2-4-14-5-7-17-8-6-14;15-12(11-3-1-5-13-11)4-2-6-14-7-9-16-10-8-14/h4-7,13,17H,3,8-12,18H2,1-2H3;1-3,5-6,15H,4,7-13,17H2;10-11,13H,4-9,15H2,1-3H3;2*11-12,14H,4-10,15H2,1-3H3;10,13H,3-9,14H2,1-2H3;11,15H,1-9,13H2;11,13H,1-10H2/t;;;;;;;11-/m.......0/s1. The number of amides is 2. The molecule has 15 unspecified atom stereocenters. The minimum Gasteiger partial charge on any atom is -0.513 e. The molecule has 35 nitrogen and oxygen atoms in total. The summed E-state index contributed by atoms with van der Waals surface area (Å²) in [5.74, 6) is 2.38. The Morgan fingerprint density at radius 1 is 0.395 bits per heavy atom. The summed E-state index contributed by atoms with van der Waals surface area (Å²) in [6, 6.07) is 15.9. The Morgan fingerprint density at radius 2 is 0.769 bits per heavy atom. The van der Waals surface area contributed by atoms with Gasteiger partial charge in [-0.15, -0.1) is 0 Å². The van der Waals surface area contributed by atoms with Gasteiger partial charge in [0.05, 0.1) is 160 Å². The zero-order valence-corrected chi connectivity index (χ0v) is 92.8. The maximum absolute atomic E-state index is 12.4. The number of ketones is 8. The maximum Gasteiger partial charge on any atom is 0.226 e. The molecule has 842 valence electrons. The van der Waals surface area contributed by atoms with Crippen molar-refractivity contribution in [2.75, 3.05) is 248 Å². The molecule has 9 aliphatic heterocycles. The highest BCUT2D eigenvalue weighted by Gasteiger charge is 2.32. The number of benzene rings is 2. The summed E-state index contributed by atoms with van der Waals surface area (Å²) < 4.78 is 42.3. The van der Waals surface area contributed by atoms with E-state index >= 15 is 0 Å². The number of aliphatic hydroxyl groups is 1.